The Hall–Kier alpha value is -2.75. The molecule has 0 amide bonds. The van der Waals surface area contributed by atoms with E-state index in [0.717, 1.165) is 0 Å². The van der Waals surface area contributed by atoms with Crippen LogP contribution in [0.25, 0.3) is 11.5 Å². The van der Waals surface area contributed by atoms with Gasteiger partial charge in [0.05, 0.1) is 5.69 Å². The quantitative estimate of drug-likeness (QED) is 0.445. The van der Waals surface area contributed by atoms with Crippen molar-refractivity contribution in [2.45, 2.75) is 12.6 Å². The molecule has 3 rings (SSSR count). The van der Waals surface area contributed by atoms with Gasteiger partial charge in [-0.2, -0.15) is 13.2 Å². The molecule has 4 nitrogen and oxygen atoms in total. The van der Waals surface area contributed by atoms with E-state index in [9.17, 15) is 26.3 Å². The van der Waals surface area contributed by atoms with Crippen molar-refractivity contribution in [3.8, 4) is 11.5 Å². The fourth-order valence-electron chi connectivity index (χ4n) is 2.45. The summed E-state index contributed by atoms with van der Waals surface area (Å²) in [5, 5.41) is 1.77. The van der Waals surface area contributed by atoms with Gasteiger partial charge in [-0.1, -0.05) is 11.6 Å². The first-order chi connectivity index (χ1) is 13.1. The van der Waals surface area contributed by atoms with Crippen molar-refractivity contribution in [1.82, 2.24) is 15.0 Å². The first-order valence-electron chi connectivity index (χ1n) is 7.78. The van der Waals surface area contributed by atoms with E-state index in [-0.39, 0.29) is 22.4 Å². The molecule has 0 spiro atoms. The van der Waals surface area contributed by atoms with E-state index in [0.29, 0.717) is 17.8 Å². The van der Waals surface area contributed by atoms with Gasteiger partial charge in [-0.25, -0.2) is 23.1 Å². The molecule has 0 aliphatic rings. The van der Waals surface area contributed by atoms with Crippen molar-refractivity contribution in [3.63, 3.8) is 0 Å². The predicted molar refractivity (Wildman–Crippen MR) is 90.5 cm³/mol. The minimum absolute atomic E-state index is 0.0107. The number of rotatable bonds is 5. The van der Waals surface area contributed by atoms with Crippen LogP contribution in [0.1, 0.15) is 11.1 Å². The van der Waals surface area contributed by atoms with Gasteiger partial charge in [-0.05, 0) is 12.1 Å². The maximum Gasteiger partial charge on any atom is 0.405 e. The van der Waals surface area contributed by atoms with E-state index < -0.39 is 42.2 Å². The number of aromatic nitrogens is 3. The average Bonchev–Trinajstić information content (AvgIpc) is 3.11. The number of alkyl halides is 3. The standard InChI is InChI=1S/C17H11ClF6N4/c18-14-10(6-9-11(20)4-8(19)5-12(9)21)15(26-7-17(22,23)24)28-16(27-14)13-2-1-3-25-13/h1-5,25H,6-7H2,(H,26,27,28). The molecule has 148 valence electrons. The van der Waals surface area contributed by atoms with Crippen LogP contribution in [0.3, 0.4) is 0 Å². The Morgan fingerprint density at radius 2 is 1.71 bits per heavy atom. The molecule has 28 heavy (non-hydrogen) atoms. The number of hydrogen-bond acceptors (Lipinski definition) is 3. The van der Waals surface area contributed by atoms with Gasteiger partial charge in [-0.3, -0.25) is 0 Å². The molecule has 0 aliphatic heterocycles. The van der Waals surface area contributed by atoms with Gasteiger partial charge in [-0.15, -0.1) is 0 Å². The summed E-state index contributed by atoms with van der Waals surface area (Å²) in [4.78, 5) is 10.8. The zero-order valence-corrected chi connectivity index (χ0v) is 14.6. The molecule has 0 bridgehead atoms. The Morgan fingerprint density at radius 1 is 1.04 bits per heavy atom. The molecule has 11 heteroatoms. The number of anilines is 1. The lowest BCUT2D eigenvalue weighted by molar-refractivity contribution is -0.115. The highest BCUT2D eigenvalue weighted by Crippen LogP contribution is 2.30. The maximum atomic E-state index is 14.0. The molecular formula is C17H11ClF6N4. The fourth-order valence-corrected chi connectivity index (χ4v) is 2.69. The number of halogens is 7. The monoisotopic (exact) mass is 420 g/mol. The van der Waals surface area contributed by atoms with Crippen molar-refractivity contribution in [2.24, 2.45) is 0 Å². The van der Waals surface area contributed by atoms with Crippen molar-refractivity contribution >= 4 is 17.4 Å². The average molecular weight is 421 g/mol. The van der Waals surface area contributed by atoms with Gasteiger partial charge >= 0.3 is 6.18 Å². The van der Waals surface area contributed by atoms with Crippen LogP contribution in [-0.4, -0.2) is 27.7 Å². The minimum atomic E-state index is -4.58. The van der Waals surface area contributed by atoms with Crippen LogP contribution in [0.4, 0.5) is 32.2 Å². The molecule has 0 unspecified atom stereocenters. The van der Waals surface area contributed by atoms with Gasteiger partial charge in [0.1, 0.15) is 35.0 Å². The van der Waals surface area contributed by atoms with Crippen LogP contribution in [0, 0.1) is 17.5 Å². The third kappa shape index (κ3) is 4.56. The van der Waals surface area contributed by atoms with E-state index in [1.54, 1.807) is 18.3 Å². The molecule has 0 saturated carbocycles. The Bertz CT molecular complexity index is 965. The lowest BCUT2D eigenvalue weighted by Crippen LogP contribution is -2.23. The smallest absolute Gasteiger partial charge is 0.361 e. The van der Waals surface area contributed by atoms with Gasteiger partial charge < -0.3 is 10.3 Å². The summed E-state index contributed by atoms with van der Waals surface area (Å²) in [6.07, 6.45) is -3.61. The van der Waals surface area contributed by atoms with Crippen molar-refractivity contribution < 1.29 is 26.3 Å². The third-order valence-electron chi connectivity index (χ3n) is 3.71. The van der Waals surface area contributed by atoms with Crippen LogP contribution < -0.4 is 5.32 Å². The van der Waals surface area contributed by atoms with Gasteiger partial charge in [0.2, 0.25) is 0 Å². The largest absolute Gasteiger partial charge is 0.405 e. The molecule has 1 aromatic carbocycles. The van der Waals surface area contributed by atoms with Crippen LogP contribution in [0.15, 0.2) is 30.5 Å². The highest BCUT2D eigenvalue weighted by molar-refractivity contribution is 6.30. The van der Waals surface area contributed by atoms with Crippen LogP contribution in [-0.2, 0) is 6.42 Å². The molecule has 2 aromatic heterocycles. The molecular weight excluding hydrogens is 410 g/mol. The molecule has 0 radical (unpaired) electrons. The topological polar surface area (TPSA) is 53.6 Å². The Labute approximate surface area is 159 Å². The summed E-state index contributed by atoms with van der Waals surface area (Å²) in [6, 6.07) is 4.11. The maximum absolute atomic E-state index is 14.0. The van der Waals surface area contributed by atoms with E-state index in [2.05, 4.69) is 20.3 Å². The van der Waals surface area contributed by atoms with E-state index in [1.165, 1.54) is 0 Å². The summed E-state index contributed by atoms with van der Waals surface area (Å²) >= 11 is 6.08. The normalized spacial score (nSPS) is 11.7. The van der Waals surface area contributed by atoms with E-state index in [4.69, 9.17) is 11.6 Å². The summed E-state index contributed by atoms with van der Waals surface area (Å²) < 4.78 is 79.0. The second-order valence-electron chi connectivity index (χ2n) is 5.74. The number of hydrogen-bond donors (Lipinski definition) is 2. The van der Waals surface area contributed by atoms with E-state index >= 15 is 0 Å². The molecule has 0 saturated heterocycles. The number of nitrogens with zero attached hydrogens (tertiary/aromatic N) is 2. The number of H-pyrrole nitrogens is 1. The molecule has 0 atom stereocenters. The first kappa shape index (κ1) is 20.0. The summed E-state index contributed by atoms with van der Waals surface area (Å²) in [6.45, 7) is -1.45. The summed E-state index contributed by atoms with van der Waals surface area (Å²) in [7, 11) is 0. The van der Waals surface area contributed by atoms with Gasteiger partial charge in [0.15, 0.2) is 5.82 Å². The van der Waals surface area contributed by atoms with Crippen LogP contribution in [0.5, 0.6) is 0 Å². The molecule has 0 fully saturated rings. The summed E-state index contributed by atoms with van der Waals surface area (Å²) in [5.74, 6) is -3.89. The molecule has 2 heterocycles. The first-order valence-corrected chi connectivity index (χ1v) is 8.16. The zero-order valence-electron chi connectivity index (χ0n) is 13.8. The number of benzene rings is 1. The molecule has 3 aromatic rings. The van der Waals surface area contributed by atoms with Gasteiger partial charge in [0, 0.05) is 35.9 Å². The highest BCUT2D eigenvalue weighted by atomic mass is 35.5. The lowest BCUT2D eigenvalue weighted by Gasteiger charge is -2.15. The predicted octanol–water partition coefficient (Wildman–Crippen LogP) is 5.11. The van der Waals surface area contributed by atoms with Crippen LogP contribution >= 0.6 is 11.6 Å². The third-order valence-corrected chi connectivity index (χ3v) is 4.02. The Morgan fingerprint density at radius 3 is 2.29 bits per heavy atom. The zero-order chi connectivity index (χ0) is 20.5. The lowest BCUT2D eigenvalue weighted by atomic mass is 10.0. The minimum Gasteiger partial charge on any atom is -0.361 e. The SMILES string of the molecule is Fc1cc(F)c(Cc2c(Cl)nc(-c3ccc[nH]3)nc2NCC(F)(F)F)c(F)c1. The fraction of sp³-hybridized carbons (Fsp3) is 0.176. The highest BCUT2D eigenvalue weighted by Gasteiger charge is 2.28. The van der Waals surface area contributed by atoms with Crippen molar-refractivity contribution in [1.29, 1.82) is 0 Å². The van der Waals surface area contributed by atoms with E-state index in [1.807, 2.05) is 0 Å². The second kappa shape index (κ2) is 7.70. The van der Waals surface area contributed by atoms with Crippen LogP contribution in [0.2, 0.25) is 5.15 Å². The number of nitrogens with one attached hydrogen (secondary N) is 2. The molecule has 2 N–H and O–H groups in total. The summed E-state index contributed by atoms with van der Waals surface area (Å²) in [5.41, 5.74) is -0.358. The van der Waals surface area contributed by atoms with Gasteiger partial charge in [0.25, 0.3) is 0 Å². The Balaban J connectivity index is 2.06. The van der Waals surface area contributed by atoms with Crippen molar-refractivity contribution in [3.05, 3.63) is 64.2 Å². The second-order valence-corrected chi connectivity index (χ2v) is 6.10. The molecule has 0 aliphatic carbocycles. The van der Waals surface area contributed by atoms with Crippen molar-refractivity contribution in [2.75, 3.05) is 11.9 Å². The number of aromatic amines is 1. The Kier molecular flexibility index (Phi) is 5.50.